The zero-order valence-corrected chi connectivity index (χ0v) is 12.7. The number of halogens is 2. The number of anilines is 2. The highest BCUT2D eigenvalue weighted by atomic mass is 79.9. The number of hydrogen-bond donors (Lipinski definition) is 1. The first-order valence-corrected chi connectivity index (χ1v) is 6.66. The molecule has 0 atom stereocenters. The number of benzene rings is 1. The lowest BCUT2D eigenvalue weighted by Crippen LogP contribution is -2.02. The number of nitrogens with one attached hydrogen (secondary N) is 1. The van der Waals surface area contributed by atoms with Gasteiger partial charge in [0, 0.05) is 4.47 Å². The maximum Gasteiger partial charge on any atom is 0.156 e. The highest BCUT2D eigenvalue weighted by Crippen LogP contribution is 2.27. The SMILES string of the molecule is Cc1c(Cl)nnc(Nc2cc(Br)ccc2C#N)c1C. The summed E-state index contributed by atoms with van der Waals surface area (Å²) in [5.74, 6) is 0.594. The van der Waals surface area contributed by atoms with Crippen LogP contribution < -0.4 is 5.32 Å². The Labute approximate surface area is 124 Å². The summed E-state index contributed by atoms with van der Waals surface area (Å²) in [7, 11) is 0. The second kappa shape index (κ2) is 5.55. The molecule has 0 aliphatic carbocycles. The quantitative estimate of drug-likeness (QED) is 0.895. The van der Waals surface area contributed by atoms with Crippen molar-refractivity contribution < 1.29 is 0 Å². The lowest BCUT2D eigenvalue weighted by atomic mass is 10.1. The molecule has 0 bridgehead atoms. The molecule has 0 aliphatic heterocycles. The maximum atomic E-state index is 9.09. The third-order valence-electron chi connectivity index (χ3n) is 2.82. The van der Waals surface area contributed by atoms with Gasteiger partial charge in [0.2, 0.25) is 0 Å². The van der Waals surface area contributed by atoms with E-state index in [0.717, 1.165) is 15.6 Å². The molecule has 0 radical (unpaired) electrons. The van der Waals surface area contributed by atoms with Crippen molar-refractivity contribution in [2.45, 2.75) is 13.8 Å². The van der Waals surface area contributed by atoms with Crippen LogP contribution >= 0.6 is 27.5 Å². The van der Waals surface area contributed by atoms with Crippen LogP contribution in [0, 0.1) is 25.2 Å². The molecule has 0 unspecified atom stereocenters. The van der Waals surface area contributed by atoms with Gasteiger partial charge in [-0.05, 0) is 43.2 Å². The van der Waals surface area contributed by atoms with Crippen LogP contribution in [0.1, 0.15) is 16.7 Å². The van der Waals surface area contributed by atoms with Crippen molar-refractivity contribution in [2.75, 3.05) is 5.32 Å². The van der Waals surface area contributed by atoms with E-state index in [1.807, 2.05) is 26.0 Å². The van der Waals surface area contributed by atoms with Gasteiger partial charge < -0.3 is 5.32 Å². The molecule has 2 rings (SSSR count). The van der Waals surface area contributed by atoms with Crippen LogP contribution in [0.15, 0.2) is 22.7 Å². The van der Waals surface area contributed by atoms with Gasteiger partial charge in [-0.3, -0.25) is 0 Å². The predicted molar refractivity (Wildman–Crippen MR) is 78.7 cm³/mol. The number of aromatic nitrogens is 2. The van der Waals surface area contributed by atoms with Crippen LogP contribution in [0.2, 0.25) is 5.15 Å². The Bertz CT molecular complexity index is 679. The van der Waals surface area contributed by atoms with Crippen LogP contribution in [0.4, 0.5) is 11.5 Å². The second-order valence-electron chi connectivity index (χ2n) is 4.02. The van der Waals surface area contributed by atoms with E-state index in [1.54, 1.807) is 6.07 Å². The third kappa shape index (κ3) is 2.86. The van der Waals surface area contributed by atoms with Crippen LogP contribution in [-0.2, 0) is 0 Å². The van der Waals surface area contributed by atoms with Crippen LogP contribution in [0.3, 0.4) is 0 Å². The Balaban J connectivity index is 2.45. The van der Waals surface area contributed by atoms with Gasteiger partial charge in [0.05, 0.1) is 11.3 Å². The average Bonchev–Trinajstić information content (AvgIpc) is 2.40. The van der Waals surface area contributed by atoms with E-state index in [9.17, 15) is 0 Å². The lowest BCUT2D eigenvalue weighted by Gasteiger charge is -2.11. The molecule has 0 fully saturated rings. The Kier molecular flexibility index (Phi) is 4.03. The highest BCUT2D eigenvalue weighted by molar-refractivity contribution is 9.10. The van der Waals surface area contributed by atoms with Crippen molar-refractivity contribution in [1.82, 2.24) is 10.2 Å². The first kappa shape index (κ1) is 13.8. The van der Waals surface area contributed by atoms with Gasteiger partial charge in [-0.1, -0.05) is 27.5 Å². The molecule has 0 saturated carbocycles. The summed E-state index contributed by atoms with van der Waals surface area (Å²) in [6.45, 7) is 3.78. The average molecular weight is 338 g/mol. The molecular formula is C13H10BrClN4. The number of nitriles is 1. The van der Waals surface area contributed by atoms with E-state index in [-0.39, 0.29) is 0 Å². The van der Waals surface area contributed by atoms with E-state index in [0.29, 0.717) is 22.2 Å². The minimum Gasteiger partial charge on any atom is -0.337 e. The summed E-state index contributed by atoms with van der Waals surface area (Å²) in [6.07, 6.45) is 0. The fourth-order valence-electron chi connectivity index (χ4n) is 1.54. The smallest absolute Gasteiger partial charge is 0.156 e. The Morgan fingerprint density at radius 3 is 2.68 bits per heavy atom. The molecule has 0 aliphatic rings. The third-order valence-corrected chi connectivity index (χ3v) is 3.67. The Morgan fingerprint density at radius 1 is 1.26 bits per heavy atom. The fraction of sp³-hybridized carbons (Fsp3) is 0.154. The van der Waals surface area contributed by atoms with Crippen molar-refractivity contribution in [1.29, 1.82) is 5.26 Å². The molecule has 0 spiro atoms. The van der Waals surface area contributed by atoms with Gasteiger partial charge >= 0.3 is 0 Å². The van der Waals surface area contributed by atoms with E-state index in [2.05, 4.69) is 37.5 Å². The van der Waals surface area contributed by atoms with Crippen molar-refractivity contribution >= 4 is 39.0 Å². The Hall–Kier alpha value is -1.64. The molecular weight excluding hydrogens is 328 g/mol. The van der Waals surface area contributed by atoms with Gasteiger partial charge in [0.25, 0.3) is 0 Å². The molecule has 1 aromatic carbocycles. The first-order valence-electron chi connectivity index (χ1n) is 5.49. The van der Waals surface area contributed by atoms with E-state index >= 15 is 0 Å². The molecule has 0 amide bonds. The maximum absolute atomic E-state index is 9.09. The number of nitrogens with zero attached hydrogens (tertiary/aromatic N) is 3. The van der Waals surface area contributed by atoms with Gasteiger partial charge in [0.1, 0.15) is 6.07 Å². The van der Waals surface area contributed by atoms with E-state index < -0.39 is 0 Å². The van der Waals surface area contributed by atoms with E-state index in [4.69, 9.17) is 16.9 Å². The van der Waals surface area contributed by atoms with Gasteiger partial charge in [-0.25, -0.2) is 0 Å². The van der Waals surface area contributed by atoms with Gasteiger partial charge in [-0.2, -0.15) is 5.26 Å². The zero-order chi connectivity index (χ0) is 14.0. The standard InChI is InChI=1S/C13H10BrClN4/c1-7-8(2)13(19-18-12(7)15)17-11-5-10(14)4-3-9(11)6-16/h3-5H,1-2H3,(H,17,19). The molecule has 0 saturated heterocycles. The molecule has 1 heterocycles. The molecule has 2 aromatic rings. The minimum atomic E-state index is 0.387. The second-order valence-corrected chi connectivity index (χ2v) is 5.29. The Morgan fingerprint density at radius 2 is 2.00 bits per heavy atom. The summed E-state index contributed by atoms with van der Waals surface area (Å²) >= 11 is 9.29. The molecule has 19 heavy (non-hydrogen) atoms. The summed E-state index contributed by atoms with van der Waals surface area (Å²) in [5.41, 5.74) is 2.99. The molecule has 4 nitrogen and oxygen atoms in total. The van der Waals surface area contributed by atoms with Crippen LogP contribution in [-0.4, -0.2) is 10.2 Å². The number of hydrogen-bond acceptors (Lipinski definition) is 4. The van der Waals surface area contributed by atoms with Crippen molar-refractivity contribution in [3.63, 3.8) is 0 Å². The zero-order valence-electron chi connectivity index (χ0n) is 10.3. The van der Waals surface area contributed by atoms with Gasteiger partial charge in [-0.15, -0.1) is 10.2 Å². The monoisotopic (exact) mass is 336 g/mol. The fourth-order valence-corrected chi connectivity index (χ4v) is 2.08. The summed E-state index contributed by atoms with van der Waals surface area (Å²) in [6, 6.07) is 7.50. The minimum absolute atomic E-state index is 0.387. The van der Waals surface area contributed by atoms with E-state index in [1.165, 1.54) is 0 Å². The number of rotatable bonds is 2. The van der Waals surface area contributed by atoms with Crippen molar-refractivity contribution in [3.05, 3.63) is 44.5 Å². The van der Waals surface area contributed by atoms with Gasteiger partial charge in [0.15, 0.2) is 11.0 Å². The molecule has 1 N–H and O–H groups in total. The predicted octanol–water partition coefficient (Wildman–Crippen LogP) is 4.12. The molecule has 1 aromatic heterocycles. The summed E-state index contributed by atoms with van der Waals surface area (Å²) < 4.78 is 0.880. The van der Waals surface area contributed by atoms with Crippen molar-refractivity contribution in [2.24, 2.45) is 0 Å². The molecule has 6 heteroatoms. The van der Waals surface area contributed by atoms with Crippen LogP contribution in [0.25, 0.3) is 0 Å². The van der Waals surface area contributed by atoms with Crippen LogP contribution in [0.5, 0.6) is 0 Å². The largest absolute Gasteiger partial charge is 0.337 e. The summed E-state index contributed by atoms with van der Waals surface area (Å²) in [4.78, 5) is 0. The highest BCUT2D eigenvalue weighted by Gasteiger charge is 2.10. The topological polar surface area (TPSA) is 61.6 Å². The normalized spacial score (nSPS) is 10.1. The lowest BCUT2D eigenvalue weighted by molar-refractivity contribution is 1.00. The van der Waals surface area contributed by atoms with Crippen molar-refractivity contribution in [3.8, 4) is 6.07 Å². The summed E-state index contributed by atoms with van der Waals surface area (Å²) in [5, 5.41) is 20.5. The molecule has 96 valence electrons. The first-order chi connectivity index (χ1) is 9.02.